The zero-order valence-electron chi connectivity index (χ0n) is 17.7. The highest BCUT2D eigenvalue weighted by Crippen LogP contribution is 2.44. The first-order valence-corrected chi connectivity index (χ1v) is 14.3. The SMILES string of the molecule is Cl/C(=C(/Cl)C(c1ccc(Br)cc1)c1ccc(Br)cc1)C(c1ccc(Br)cc1)c1ccc(Br)cc1. The van der Waals surface area contributed by atoms with Crippen LogP contribution < -0.4 is 0 Å². The Morgan fingerprint density at radius 3 is 0.735 bits per heavy atom. The molecule has 0 saturated heterocycles. The van der Waals surface area contributed by atoms with Gasteiger partial charge in [-0.2, -0.15) is 0 Å². The van der Waals surface area contributed by atoms with E-state index < -0.39 is 0 Å². The van der Waals surface area contributed by atoms with Gasteiger partial charge >= 0.3 is 0 Å². The first-order valence-electron chi connectivity index (χ1n) is 10.4. The fourth-order valence-electron chi connectivity index (χ4n) is 3.87. The molecule has 172 valence electrons. The Morgan fingerprint density at radius 1 is 0.382 bits per heavy atom. The molecule has 0 saturated carbocycles. The molecule has 0 bridgehead atoms. The molecule has 4 aromatic carbocycles. The lowest BCUT2D eigenvalue weighted by atomic mass is 9.86. The second-order valence-electron chi connectivity index (χ2n) is 7.77. The van der Waals surface area contributed by atoms with Crippen molar-refractivity contribution in [1.82, 2.24) is 0 Å². The minimum atomic E-state index is -0.205. The Labute approximate surface area is 243 Å². The Balaban J connectivity index is 1.90. The number of rotatable bonds is 6. The van der Waals surface area contributed by atoms with E-state index in [4.69, 9.17) is 23.2 Å². The molecular formula is C28H18Br4Cl2. The highest BCUT2D eigenvalue weighted by atomic mass is 79.9. The van der Waals surface area contributed by atoms with E-state index in [0.717, 1.165) is 40.1 Å². The molecule has 0 heterocycles. The summed E-state index contributed by atoms with van der Waals surface area (Å²) in [6.07, 6.45) is 0. The van der Waals surface area contributed by atoms with Gasteiger partial charge in [0.2, 0.25) is 0 Å². The molecule has 0 aliphatic heterocycles. The van der Waals surface area contributed by atoms with Crippen LogP contribution in [0.5, 0.6) is 0 Å². The molecule has 0 aliphatic rings. The first kappa shape index (κ1) is 26.2. The van der Waals surface area contributed by atoms with E-state index in [1.807, 2.05) is 48.5 Å². The van der Waals surface area contributed by atoms with Gasteiger partial charge in [0.1, 0.15) is 0 Å². The average molecular weight is 745 g/mol. The highest BCUT2D eigenvalue weighted by molar-refractivity contribution is 9.11. The molecule has 0 amide bonds. The van der Waals surface area contributed by atoms with Crippen LogP contribution in [0.25, 0.3) is 0 Å². The van der Waals surface area contributed by atoms with E-state index >= 15 is 0 Å². The topological polar surface area (TPSA) is 0 Å². The first-order chi connectivity index (χ1) is 16.3. The van der Waals surface area contributed by atoms with Crippen molar-refractivity contribution >= 4 is 86.9 Å². The van der Waals surface area contributed by atoms with E-state index in [0.29, 0.717) is 10.1 Å². The second-order valence-corrected chi connectivity index (χ2v) is 12.2. The molecular weight excluding hydrogens is 727 g/mol. The van der Waals surface area contributed by atoms with Crippen LogP contribution in [0.3, 0.4) is 0 Å². The number of hydrogen-bond acceptors (Lipinski definition) is 0. The van der Waals surface area contributed by atoms with Gasteiger partial charge in [0, 0.05) is 39.8 Å². The summed E-state index contributed by atoms with van der Waals surface area (Å²) >= 11 is 28.6. The number of halogens is 6. The van der Waals surface area contributed by atoms with Crippen LogP contribution in [0.15, 0.2) is 125 Å². The lowest BCUT2D eigenvalue weighted by Crippen LogP contribution is -2.08. The minimum absolute atomic E-state index is 0.205. The fourth-order valence-corrected chi connectivity index (χ4v) is 5.65. The molecule has 0 aliphatic carbocycles. The summed E-state index contributed by atoms with van der Waals surface area (Å²) < 4.78 is 4.05. The molecule has 0 aromatic heterocycles. The molecule has 4 aromatic rings. The average Bonchev–Trinajstić information content (AvgIpc) is 2.84. The largest absolute Gasteiger partial charge is 0.0868 e. The summed E-state index contributed by atoms with van der Waals surface area (Å²) in [5.74, 6) is -0.410. The Bertz CT molecular complexity index is 1090. The van der Waals surface area contributed by atoms with Crippen LogP contribution in [0, 0.1) is 0 Å². The lowest BCUT2D eigenvalue weighted by Gasteiger charge is -2.24. The van der Waals surface area contributed by atoms with Gasteiger partial charge < -0.3 is 0 Å². The summed E-state index contributed by atoms with van der Waals surface area (Å²) in [7, 11) is 0. The van der Waals surface area contributed by atoms with Crippen LogP contribution in [-0.4, -0.2) is 0 Å². The van der Waals surface area contributed by atoms with Crippen LogP contribution in [0.1, 0.15) is 34.1 Å². The van der Waals surface area contributed by atoms with Crippen LogP contribution >= 0.6 is 86.9 Å². The molecule has 0 radical (unpaired) electrons. The predicted molar refractivity (Wildman–Crippen MR) is 159 cm³/mol. The van der Waals surface area contributed by atoms with Crippen LogP contribution in [0.2, 0.25) is 0 Å². The fraction of sp³-hybridized carbons (Fsp3) is 0.0714. The van der Waals surface area contributed by atoms with Crippen molar-refractivity contribution in [2.75, 3.05) is 0 Å². The van der Waals surface area contributed by atoms with Gasteiger partial charge in [0.15, 0.2) is 0 Å². The van der Waals surface area contributed by atoms with Crippen molar-refractivity contribution in [2.45, 2.75) is 11.8 Å². The smallest absolute Gasteiger partial charge is 0.0459 e. The molecule has 0 nitrogen and oxygen atoms in total. The molecule has 0 atom stereocenters. The van der Waals surface area contributed by atoms with Crippen molar-refractivity contribution in [1.29, 1.82) is 0 Å². The van der Waals surface area contributed by atoms with Gasteiger partial charge in [0.05, 0.1) is 0 Å². The van der Waals surface area contributed by atoms with Crippen molar-refractivity contribution < 1.29 is 0 Å². The highest BCUT2D eigenvalue weighted by Gasteiger charge is 2.27. The van der Waals surface area contributed by atoms with Gasteiger partial charge in [-0.1, -0.05) is 135 Å². The standard InChI is InChI=1S/C28H18Br4Cl2/c29-21-9-1-17(2-10-21)25(18-3-11-22(30)12-4-18)27(33)28(34)26(19-5-13-23(31)14-6-19)20-7-15-24(32)16-8-20/h1-16,25-26H/b28-27+. The third-order valence-electron chi connectivity index (χ3n) is 5.55. The molecule has 4 rings (SSSR count). The minimum Gasteiger partial charge on any atom is -0.0868 e. The maximum atomic E-state index is 7.21. The zero-order chi connectivity index (χ0) is 24.2. The van der Waals surface area contributed by atoms with E-state index in [1.54, 1.807) is 0 Å². The van der Waals surface area contributed by atoms with Crippen molar-refractivity contribution in [3.63, 3.8) is 0 Å². The van der Waals surface area contributed by atoms with E-state index in [-0.39, 0.29) is 11.8 Å². The van der Waals surface area contributed by atoms with Crippen LogP contribution in [0.4, 0.5) is 0 Å². The van der Waals surface area contributed by atoms with Gasteiger partial charge in [-0.25, -0.2) is 0 Å². The van der Waals surface area contributed by atoms with Gasteiger partial charge in [-0.3, -0.25) is 0 Å². The van der Waals surface area contributed by atoms with Crippen molar-refractivity contribution in [3.8, 4) is 0 Å². The Kier molecular flexibility index (Phi) is 9.17. The summed E-state index contributed by atoms with van der Waals surface area (Å²) in [6, 6.07) is 32.9. The molecule has 0 unspecified atom stereocenters. The predicted octanol–water partition coefficient (Wildman–Crippen LogP) is 11.4. The van der Waals surface area contributed by atoms with E-state index in [1.165, 1.54) is 0 Å². The third-order valence-corrected chi connectivity index (χ3v) is 8.60. The maximum absolute atomic E-state index is 7.21. The van der Waals surface area contributed by atoms with E-state index in [2.05, 4.69) is 112 Å². The maximum Gasteiger partial charge on any atom is 0.0459 e. The quantitative estimate of drug-likeness (QED) is 0.184. The summed E-state index contributed by atoms with van der Waals surface area (Å²) in [6.45, 7) is 0. The Hall–Kier alpha value is -0.880. The molecule has 0 spiro atoms. The number of hydrogen-bond donors (Lipinski definition) is 0. The van der Waals surface area contributed by atoms with Gasteiger partial charge in [-0.15, -0.1) is 0 Å². The van der Waals surface area contributed by atoms with Gasteiger partial charge in [-0.05, 0) is 70.8 Å². The second kappa shape index (κ2) is 11.9. The third kappa shape index (κ3) is 6.27. The summed E-state index contributed by atoms with van der Waals surface area (Å²) in [5, 5.41) is 1.20. The molecule has 0 fully saturated rings. The molecule has 0 N–H and O–H groups in total. The Morgan fingerprint density at radius 2 is 0.559 bits per heavy atom. The lowest BCUT2D eigenvalue weighted by molar-refractivity contribution is 0.939. The number of allylic oxidation sites excluding steroid dienone is 2. The van der Waals surface area contributed by atoms with Crippen molar-refractivity contribution in [3.05, 3.63) is 147 Å². The molecule has 6 heteroatoms. The zero-order valence-corrected chi connectivity index (χ0v) is 25.5. The van der Waals surface area contributed by atoms with Gasteiger partial charge in [0.25, 0.3) is 0 Å². The molecule has 34 heavy (non-hydrogen) atoms. The summed E-state index contributed by atoms with van der Waals surface area (Å²) in [5.41, 5.74) is 4.27. The summed E-state index contributed by atoms with van der Waals surface area (Å²) in [4.78, 5) is 0. The van der Waals surface area contributed by atoms with Crippen molar-refractivity contribution in [2.24, 2.45) is 0 Å². The normalized spacial score (nSPS) is 12.2. The monoisotopic (exact) mass is 740 g/mol. The van der Waals surface area contributed by atoms with E-state index in [9.17, 15) is 0 Å². The number of benzene rings is 4. The van der Waals surface area contributed by atoms with Crippen LogP contribution in [-0.2, 0) is 0 Å².